The molecule has 0 aliphatic heterocycles. The maximum atomic E-state index is 11.2. The van der Waals surface area contributed by atoms with E-state index >= 15 is 0 Å². The van der Waals surface area contributed by atoms with E-state index in [0.29, 0.717) is 19.3 Å². The van der Waals surface area contributed by atoms with Gasteiger partial charge in [-0.3, -0.25) is 4.79 Å². The number of carboxylic acid groups (broad SMARTS) is 1. The van der Waals surface area contributed by atoms with Gasteiger partial charge in [0.2, 0.25) is 0 Å². The summed E-state index contributed by atoms with van der Waals surface area (Å²) in [7, 11) is 0. The first kappa shape index (κ1) is 13.7. The van der Waals surface area contributed by atoms with Crippen LogP contribution in [0.4, 0.5) is 0 Å². The van der Waals surface area contributed by atoms with Crippen LogP contribution in [0.5, 0.6) is 0 Å². The lowest BCUT2D eigenvalue weighted by atomic mass is 9.87. The molecule has 0 bridgehead atoms. The Morgan fingerprint density at radius 3 is 2.47 bits per heavy atom. The number of hydrogen-bond donors (Lipinski definition) is 2. The Morgan fingerprint density at radius 2 is 1.94 bits per heavy atom. The maximum absolute atomic E-state index is 11.2. The van der Waals surface area contributed by atoms with E-state index in [1.807, 2.05) is 37.3 Å². The number of nitrogens with two attached hydrogens (primary N) is 1. The van der Waals surface area contributed by atoms with Gasteiger partial charge in [0.25, 0.3) is 0 Å². The monoisotopic (exact) mass is 235 g/mol. The molecule has 0 fully saturated rings. The fraction of sp³-hybridized carbons (Fsp3) is 0.500. The minimum atomic E-state index is -1.08. The van der Waals surface area contributed by atoms with Crippen LogP contribution in [0.2, 0.25) is 0 Å². The fourth-order valence-electron chi connectivity index (χ4n) is 1.84. The molecule has 0 radical (unpaired) electrons. The molecule has 0 heterocycles. The van der Waals surface area contributed by atoms with E-state index < -0.39 is 11.5 Å². The average molecular weight is 235 g/mol. The predicted octanol–water partition coefficient (Wildman–Crippen LogP) is 2.59. The number of carboxylic acids is 1. The molecule has 0 unspecified atom stereocenters. The van der Waals surface area contributed by atoms with Gasteiger partial charge in [-0.2, -0.15) is 0 Å². The van der Waals surface area contributed by atoms with Crippen LogP contribution in [0.1, 0.15) is 38.2 Å². The predicted molar refractivity (Wildman–Crippen MR) is 68.8 cm³/mol. The van der Waals surface area contributed by atoms with E-state index in [1.165, 1.54) is 0 Å². The average Bonchev–Trinajstić information content (AvgIpc) is 2.35. The topological polar surface area (TPSA) is 63.3 Å². The number of aryl methyl sites for hydroxylation is 1. The summed E-state index contributed by atoms with van der Waals surface area (Å²) in [5, 5.41) is 9.21. The van der Waals surface area contributed by atoms with E-state index in [0.717, 1.165) is 18.4 Å². The largest absolute Gasteiger partial charge is 0.480 e. The Bertz CT molecular complexity index is 350. The van der Waals surface area contributed by atoms with E-state index in [4.69, 9.17) is 5.73 Å². The van der Waals surface area contributed by atoms with E-state index in [1.54, 1.807) is 0 Å². The summed E-state index contributed by atoms with van der Waals surface area (Å²) >= 11 is 0. The first-order valence-electron chi connectivity index (χ1n) is 6.14. The molecule has 94 valence electrons. The number of carbonyl (C=O) groups is 1. The fourth-order valence-corrected chi connectivity index (χ4v) is 1.84. The van der Waals surface area contributed by atoms with Gasteiger partial charge >= 0.3 is 5.97 Å². The molecule has 0 amide bonds. The Hall–Kier alpha value is -1.35. The Balaban J connectivity index is 2.58. The van der Waals surface area contributed by atoms with Crippen LogP contribution in [-0.2, 0) is 11.2 Å². The van der Waals surface area contributed by atoms with Crippen LogP contribution in [0.15, 0.2) is 30.3 Å². The lowest BCUT2D eigenvalue weighted by Gasteiger charge is -2.24. The van der Waals surface area contributed by atoms with Gasteiger partial charge in [-0.1, -0.05) is 50.1 Å². The number of aliphatic carboxylic acids is 1. The zero-order chi connectivity index (χ0) is 12.7. The first-order valence-corrected chi connectivity index (χ1v) is 6.14. The summed E-state index contributed by atoms with van der Waals surface area (Å²) in [6.07, 6.45) is 3.58. The summed E-state index contributed by atoms with van der Waals surface area (Å²) in [6.45, 7) is 2.04. The number of rotatable bonds is 7. The summed E-state index contributed by atoms with van der Waals surface area (Å²) in [5.74, 6) is -0.887. The van der Waals surface area contributed by atoms with Gasteiger partial charge in [-0.15, -0.1) is 0 Å². The summed E-state index contributed by atoms with van der Waals surface area (Å²) in [4.78, 5) is 11.2. The van der Waals surface area contributed by atoms with Crippen molar-refractivity contribution in [3.05, 3.63) is 35.9 Å². The normalized spacial score (nSPS) is 14.2. The van der Waals surface area contributed by atoms with Crippen molar-refractivity contribution in [1.82, 2.24) is 0 Å². The summed E-state index contributed by atoms with van der Waals surface area (Å²) in [5.41, 5.74) is 6.04. The molecule has 3 heteroatoms. The van der Waals surface area contributed by atoms with Gasteiger partial charge in [-0.05, 0) is 24.8 Å². The van der Waals surface area contributed by atoms with Crippen molar-refractivity contribution in [3.8, 4) is 0 Å². The molecule has 0 saturated heterocycles. The smallest absolute Gasteiger partial charge is 0.323 e. The molecule has 1 aromatic rings. The molecular weight excluding hydrogens is 214 g/mol. The lowest BCUT2D eigenvalue weighted by molar-refractivity contribution is -0.144. The molecule has 1 aromatic carbocycles. The third kappa shape index (κ3) is 4.19. The highest BCUT2D eigenvalue weighted by Crippen LogP contribution is 2.19. The molecule has 0 saturated carbocycles. The maximum Gasteiger partial charge on any atom is 0.323 e. The van der Waals surface area contributed by atoms with Crippen molar-refractivity contribution < 1.29 is 9.90 Å². The highest BCUT2D eigenvalue weighted by molar-refractivity contribution is 5.78. The molecule has 1 atom stereocenters. The zero-order valence-corrected chi connectivity index (χ0v) is 10.4. The lowest BCUT2D eigenvalue weighted by Crippen LogP contribution is -2.48. The third-order valence-electron chi connectivity index (χ3n) is 3.10. The number of hydrogen-bond acceptors (Lipinski definition) is 2. The minimum absolute atomic E-state index is 0.492. The van der Waals surface area contributed by atoms with Crippen LogP contribution in [-0.4, -0.2) is 16.6 Å². The first-order chi connectivity index (χ1) is 8.08. The highest BCUT2D eigenvalue weighted by Gasteiger charge is 2.32. The number of benzene rings is 1. The van der Waals surface area contributed by atoms with Crippen molar-refractivity contribution in [3.63, 3.8) is 0 Å². The van der Waals surface area contributed by atoms with Crippen LogP contribution in [0.3, 0.4) is 0 Å². The Kier molecular flexibility index (Phi) is 5.16. The molecule has 1 rings (SSSR count). The highest BCUT2D eigenvalue weighted by atomic mass is 16.4. The van der Waals surface area contributed by atoms with Crippen molar-refractivity contribution in [2.24, 2.45) is 5.73 Å². The van der Waals surface area contributed by atoms with Crippen LogP contribution in [0, 0.1) is 0 Å². The quantitative estimate of drug-likeness (QED) is 0.763. The molecule has 3 nitrogen and oxygen atoms in total. The molecule has 0 spiro atoms. The van der Waals surface area contributed by atoms with Crippen molar-refractivity contribution in [2.75, 3.05) is 0 Å². The van der Waals surface area contributed by atoms with Crippen molar-refractivity contribution in [2.45, 2.75) is 44.6 Å². The van der Waals surface area contributed by atoms with Gasteiger partial charge in [0, 0.05) is 0 Å². The van der Waals surface area contributed by atoms with Gasteiger partial charge in [0.15, 0.2) is 0 Å². The molecule has 3 N–H and O–H groups in total. The van der Waals surface area contributed by atoms with Gasteiger partial charge < -0.3 is 10.8 Å². The summed E-state index contributed by atoms with van der Waals surface area (Å²) in [6, 6.07) is 9.87. The van der Waals surface area contributed by atoms with Crippen LogP contribution >= 0.6 is 0 Å². The Morgan fingerprint density at radius 1 is 1.29 bits per heavy atom. The summed E-state index contributed by atoms with van der Waals surface area (Å²) < 4.78 is 0. The van der Waals surface area contributed by atoms with Gasteiger partial charge in [-0.25, -0.2) is 0 Å². The molecule has 0 aromatic heterocycles. The number of unbranched alkanes of at least 4 members (excludes halogenated alkanes) is 1. The molecule has 17 heavy (non-hydrogen) atoms. The SMILES string of the molecule is CCCC[C@@](N)(CCc1ccccc1)C(=O)O. The van der Waals surface area contributed by atoms with Gasteiger partial charge in [0.05, 0.1) is 0 Å². The molecule has 0 aliphatic rings. The minimum Gasteiger partial charge on any atom is -0.480 e. The molecule has 0 aliphatic carbocycles. The second-order valence-electron chi connectivity index (χ2n) is 4.55. The van der Waals surface area contributed by atoms with Crippen LogP contribution in [0.25, 0.3) is 0 Å². The van der Waals surface area contributed by atoms with Gasteiger partial charge in [0.1, 0.15) is 5.54 Å². The van der Waals surface area contributed by atoms with E-state index in [2.05, 4.69) is 0 Å². The van der Waals surface area contributed by atoms with E-state index in [9.17, 15) is 9.90 Å². The second kappa shape index (κ2) is 6.40. The van der Waals surface area contributed by atoms with Crippen molar-refractivity contribution >= 4 is 5.97 Å². The second-order valence-corrected chi connectivity index (χ2v) is 4.55. The third-order valence-corrected chi connectivity index (χ3v) is 3.10. The van der Waals surface area contributed by atoms with Crippen LogP contribution < -0.4 is 5.73 Å². The molecular formula is C14H21NO2. The standard InChI is InChI=1S/C14H21NO2/c1-2-3-10-14(15,13(16)17)11-9-12-7-5-4-6-8-12/h4-8H,2-3,9-11,15H2,1H3,(H,16,17)/t14-/m1/s1. The van der Waals surface area contributed by atoms with E-state index in [-0.39, 0.29) is 0 Å². The zero-order valence-electron chi connectivity index (χ0n) is 10.4. The van der Waals surface area contributed by atoms with Crippen molar-refractivity contribution in [1.29, 1.82) is 0 Å². The Labute approximate surface area is 103 Å².